The molecule has 0 saturated heterocycles. The van der Waals surface area contributed by atoms with E-state index in [9.17, 15) is 0 Å². The maximum Gasteiger partial charge on any atom is 0.101 e. The van der Waals surface area contributed by atoms with Crippen LogP contribution in [0.4, 0.5) is 11.4 Å². The molecule has 0 spiro atoms. The first-order chi connectivity index (χ1) is 8.34. The van der Waals surface area contributed by atoms with Gasteiger partial charge in [0.05, 0.1) is 5.56 Å². The van der Waals surface area contributed by atoms with Gasteiger partial charge in [0.25, 0.3) is 0 Å². The molecule has 18 heavy (non-hydrogen) atoms. The topological polar surface area (TPSA) is 65.1 Å². The highest BCUT2D eigenvalue weighted by atomic mass is 15.1. The van der Waals surface area contributed by atoms with Crippen LogP contribution in [0.1, 0.15) is 19.4 Å². The summed E-state index contributed by atoms with van der Waals surface area (Å²) in [7, 11) is 4.14. The lowest BCUT2D eigenvalue weighted by Crippen LogP contribution is -2.34. The number of nitrogens with one attached hydrogen (secondary N) is 1. The number of anilines is 2. The first kappa shape index (κ1) is 14.3. The molecular formula is C14H22N4. The van der Waals surface area contributed by atoms with Crippen LogP contribution in [0.15, 0.2) is 18.2 Å². The van der Waals surface area contributed by atoms with Crippen molar-refractivity contribution in [2.45, 2.75) is 13.8 Å². The van der Waals surface area contributed by atoms with E-state index in [1.807, 2.05) is 6.07 Å². The summed E-state index contributed by atoms with van der Waals surface area (Å²) in [6.07, 6.45) is 0. The van der Waals surface area contributed by atoms with Gasteiger partial charge in [-0.15, -0.1) is 0 Å². The second kappa shape index (κ2) is 5.74. The van der Waals surface area contributed by atoms with E-state index in [-0.39, 0.29) is 5.41 Å². The standard InChI is InChI=1S/C14H22N4/c1-14(2,10-18(3)4)9-17-12-5-6-13(16)11(7-12)8-15/h5-7,17H,9-10,16H2,1-4H3. The van der Waals surface area contributed by atoms with Gasteiger partial charge in [0.1, 0.15) is 6.07 Å². The predicted molar refractivity (Wildman–Crippen MR) is 76.4 cm³/mol. The summed E-state index contributed by atoms with van der Waals surface area (Å²) in [4.78, 5) is 2.17. The Hall–Kier alpha value is -1.73. The van der Waals surface area contributed by atoms with Gasteiger partial charge in [-0.1, -0.05) is 13.8 Å². The fourth-order valence-electron chi connectivity index (χ4n) is 2.02. The number of nitrogens with zero attached hydrogens (tertiary/aromatic N) is 2. The van der Waals surface area contributed by atoms with E-state index < -0.39 is 0 Å². The number of nitriles is 1. The molecule has 1 aromatic carbocycles. The summed E-state index contributed by atoms with van der Waals surface area (Å²) in [5.74, 6) is 0. The summed E-state index contributed by atoms with van der Waals surface area (Å²) >= 11 is 0. The zero-order valence-corrected chi connectivity index (χ0v) is 11.6. The Bertz CT molecular complexity index is 444. The van der Waals surface area contributed by atoms with Crippen LogP contribution in [0.2, 0.25) is 0 Å². The number of rotatable bonds is 5. The molecule has 0 bridgehead atoms. The lowest BCUT2D eigenvalue weighted by atomic mass is 9.93. The summed E-state index contributed by atoms with van der Waals surface area (Å²) in [6, 6.07) is 7.55. The Kier molecular flexibility index (Phi) is 4.57. The van der Waals surface area contributed by atoms with E-state index in [4.69, 9.17) is 11.0 Å². The molecule has 1 rings (SSSR count). The van der Waals surface area contributed by atoms with Crippen molar-refractivity contribution in [3.63, 3.8) is 0 Å². The zero-order chi connectivity index (χ0) is 13.8. The second-order valence-electron chi connectivity index (χ2n) is 5.67. The minimum atomic E-state index is 0.164. The van der Waals surface area contributed by atoms with Crippen molar-refractivity contribution in [1.29, 1.82) is 5.26 Å². The first-order valence-corrected chi connectivity index (χ1v) is 6.02. The fourth-order valence-corrected chi connectivity index (χ4v) is 2.02. The quantitative estimate of drug-likeness (QED) is 0.781. The number of benzene rings is 1. The Morgan fingerprint density at radius 1 is 1.39 bits per heavy atom. The molecule has 0 aliphatic carbocycles. The van der Waals surface area contributed by atoms with Crippen LogP contribution in [-0.4, -0.2) is 32.1 Å². The van der Waals surface area contributed by atoms with E-state index >= 15 is 0 Å². The van der Waals surface area contributed by atoms with Crippen molar-refractivity contribution in [3.8, 4) is 6.07 Å². The summed E-state index contributed by atoms with van der Waals surface area (Å²) < 4.78 is 0. The number of nitrogen functional groups attached to an aromatic ring is 1. The number of hydrogen-bond acceptors (Lipinski definition) is 4. The highest BCUT2D eigenvalue weighted by molar-refractivity contribution is 5.61. The number of nitrogens with two attached hydrogens (primary N) is 1. The second-order valence-corrected chi connectivity index (χ2v) is 5.67. The molecule has 0 radical (unpaired) electrons. The van der Waals surface area contributed by atoms with Crippen molar-refractivity contribution in [2.75, 3.05) is 38.2 Å². The molecule has 4 nitrogen and oxygen atoms in total. The van der Waals surface area contributed by atoms with Crippen LogP contribution < -0.4 is 11.1 Å². The average molecular weight is 246 g/mol. The number of hydrogen-bond donors (Lipinski definition) is 2. The van der Waals surface area contributed by atoms with Crippen LogP contribution in [0.25, 0.3) is 0 Å². The summed E-state index contributed by atoms with van der Waals surface area (Å²) in [5, 5.41) is 12.3. The van der Waals surface area contributed by atoms with Crippen LogP contribution in [0.3, 0.4) is 0 Å². The molecule has 4 heteroatoms. The van der Waals surface area contributed by atoms with E-state index in [1.165, 1.54) is 0 Å². The summed E-state index contributed by atoms with van der Waals surface area (Å²) in [6.45, 7) is 6.27. The third kappa shape index (κ3) is 4.27. The molecule has 0 unspecified atom stereocenters. The maximum atomic E-state index is 8.93. The van der Waals surface area contributed by atoms with Gasteiger partial charge in [0, 0.05) is 24.5 Å². The van der Waals surface area contributed by atoms with Gasteiger partial charge in [-0.25, -0.2) is 0 Å². The molecule has 0 amide bonds. The molecule has 0 fully saturated rings. The SMILES string of the molecule is CN(C)CC(C)(C)CNc1ccc(N)c(C#N)c1. The Labute approximate surface area is 109 Å². The molecule has 1 aromatic rings. The Balaban J connectivity index is 2.67. The molecule has 0 atom stereocenters. The van der Waals surface area contributed by atoms with Crippen molar-refractivity contribution in [2.24, 2.45) is 5.41 Å². The minimum Gasteiger partial charge on any atom is -0.398 e. The molecule has 3 N–H and O–H groups in total. The molecule has 0 heterocycles. The molecule has 0 saturated carbocycles. The van der Waals surface area contributed by atoms with E-state index in [0.717, 1.165) is 18.8 Å². The van der Waals surface area contributed by atoms with Crippen molar-refractivity contribution >= 4 is 11.4 Å². The predicted octanol–water partition coefficient (Wildman–Crippen LogP) is 2.14. The minimum absolute atomic E-state index is 0.164. The smallest absolute Gasteiger partial charge is 0.101 e. The van der Waals surface area contributed by atoms with Gasteiger partial charge in [0.15, 0.2) is 0 Å². The highest BCUT2D eigenvalue weighted by Gasteiger charge is 2.18. The van der Waals surface area contributed by atoms with Gasteiger partial charge in [-0.3, -0.25) is 0 Å². The fraction of sp³-hybridized carbons (Fsp3) is 0.500. The first-order valence-electron chi connectivity index (χ1n) is 6.02. The molecule has 98 valence electrons. The van der Waals surface area contributed by atoms with E-state index in [0.29, 0.717) is 11.3 Å². The lowest BCUT2D eigenvalue weighted by molar-refractivity contribution is 0.254. The highest BCUT2D eigenvalue weighted by Crippen LogP contribution is 2.20. The molecular weight excluding hydrogens is 224 g/mol. The van der Waals surface area contributed by atoms with Crippen LogP contribution in [0.5, 0.6) is 0 Å². The van der Waals surface area contributed by atoms with Gasteiger partial charge >= 0.3 is 0 Å². The maximum absolute atomic E-state index is 8.93. The van der Waals surface area contributed by atoms with Crippen LogP contribution in [0, 0.1) is 16.7 Å². The molecule has 0 aliphatic heterocycles. The largest absolute Gasteiger partial charge is 0.398 e. The normalized spacial score (nSPS) is 11.3. The molecule has 0 aromatic heterocycles. The monoisotopic (exact) mass is 246 g/mol. The van der Waals surface area contributed by atoms with Crippen molar-refractivity contribution < 1.29 is 0 Å². The third-order valence-corrected chi connectivity index (χ3v) is 2.69. The molecule has 0 aliphatic rings. The van der Waals surface area contributed by atoms with Gasteiger partial charge in [0.2, 0.25) is 0 Å². The Morgan fingerprint density at radius 2 is 2.06 bits per heavy atom. The van der Waals surface area contributed by atoms with Gasteiger partial charge in [-0.05, 0) is 37.7 Å². The zero-order valence-electron chi connectivity index (χ0n) is 11.6. The van der Waals surface area contributed by atoms with Crippen molar-refractivity contribution in [1.82, 2.24) is 4.90 Å². The van der Waals surface area contributed by atoms with Gasteiger partial charge < -0.3 is 16.0 Å². The summed E-state index contributed by atoms with van der Waals surface area (Å²) in [5.41, 5.74) is 7.84. The average Bonchev–Trinajstić information content (AvgIpc) is 2.26. The van der Waals surface area contributed by atoms with Crippen LogP contribution >= 0.6 is 0 Å². The Morgan fingerprint density at radius 3 is 2.61 bits per heavy atom. The van der Waals surface area contributed by atoms with E-state index in [2.05, 4.69) is 44.2 Å². The lowest BCUT2D eigenvalue weighted by Gasteiger charge is -2.29. The third-order valence-electron chi connectivity index (χ3n) is 2.69. The van der Waals surface area contributed by atoms with Crippen LogP contribution in [-0.2, 0) is 0 Å². The van der Waals surface area contributed by atoms with E-state index in [1.54, 1.807) is 12.1 Å². The van der Waals surface area contributed by atoms with Crippen molar-refractivity contribution in [3.05, 3.63) is 23.8 Å². The van der Waals surface area contributed by atoms with Gasteiger partial charge in [-0.2, -0.15) is 5.26 Å².